The standard InChI is InChI=1S/C22H22N2O4S/c1-16-6-11-18(12-7-16)23-20-4-2-3-5-21(20)24-29(27,28)19-13-8-17(9-14-19)10-15-22(25)26/h2-9,11-14,23-24H,10,15H2,1H3,(H,25,26). The second-order valence-electron chi connectivity index (χ2n) is 6.68. The van der Waals surface area contributed by atoms with Gasteiger partial charge in [-0.3, -0.25) is 9.52 Å². The summed E-state index contributed by atoms with van der Waals surface area (Å²) in [5.74, 6) is -0.888. The van der Waals surface area contributed by atoms with Crippen LogP contribution >= 0.6 is 0 Å². The van der Waals surface area contributed by atoms with Crippen molar-refractivity contribution < 1.29 is 18.3 Å². The van der Waals surface area contributed by atoms with Gasteiger partial charge in [0.05, 0.1) is 16.3 Å². The Labute approximate surface area is 170 Å². The molecular weight excluding hydrogens is 388 g/mol. The van der Waals surface area contributed by atoms with Crippen molar-refractivity contribution in [2.75, 3.05) is 10.0 Å². The molecule has 0 atom stereocenters. The number of rotatable bonds is 8. The van der Waals surface area contributed by atoms with Gasteiger partial charge in [0.15, 0.2) is 0 Å². The number of aliphatic carboxylic acids is 1. The fraction of sp³-hybridized carbons (Fsp3) is 0.136. The molecule has 0 bridgehead atoms. The van der Waals surface area contributed by atoms with Gasteiger partial charge in [0.25, 0.3) is 10.0 Å². The van der Waals surface area contributed by atoms with E-state index in [0.29, 0.717) is 17.8 Å². The number of carboxylic acid groups (broad SMARTS) is 1. The average Bonchev–Trinajstić information content (AvgIpc) is 2.70. The molecule has 6 nitrogen and oxygen atoms in total. The van der Waals surface area contributed by atoms with Crippen LogP contribution in [0, 0.1) is 6.92 Å². The highest BCUT2D eigenvalue weighted by Gasteiger charge is 2.16. The van der Waals surface area contributed by atoms with E-state index in [1.807, 2.05) is 37.3 Å². The largest absolute Gasteiger partial charge is 0.481 e. The number of aryl methyl sites for hydroxylation is 2. The van der Waals surface area contributed by atoms with Crippen molar-refractivity contribution in [3.63, 3.8) is 0 Å². The highest BCUT2D eigenvalue weighted by molar-refractivity contribution is 7.92. The maximum absolute atomic E-state index is 12.8. The van der Waals surface area contributed by atoms with Gasteiger partial charge in [-0.25, -0.2) is 8.42 Å². The van der Waals surface area contributed by atoms with Gasteiger partial charge in [-0.1, -0.05) is 42.0 Å². The molecule has 3 rings (SSSR count). The molecule has 29 heavy (non-hydrogen) atoms. The van der Waals surface area contributed by atoms with Crippen LogP contribution in [-0.4, -0.2) is 19.5 Å². The van der Waals surface area contributed by atoms with Crippen molar-refractivity contribution in [2.24, 2.45) is 0 Å². The van der Waals surface area contributed by atoms with Crippen LogP contribution < -0.4 is 10.0 Å². The number of carboxylic acids is 1. The van der Waals surface area contributed by atoms with E-state index in [1.165, 1.54) is 12.1 Å². The molecule has 0 aliphatic carbocycles. The molecule has 0 aliphatic heterocycles. The number of para-hydroxylation sites is 2. The van der Waals surface area contributed by atoms with E-state index in [-0.39, 0.29) is 11.3 Å². The van der Waals surface area contributed by atoms with Gasteiger partial charge in [0.1, 0.15) is 0 Å². The van der Waals surface area contributed by atoms with Crippen molar-refractivity contribution >= 4 is 33.1 Å². The second-order valence-corrected chi connectivity index (χ2v) is 8.36. The van der Waals surface area contributed by atoms with E-state index in [4.69, 9.17) is 5.11 Å². The second kappa shape index (κ2) is 8.79. The Kier molecular flexibility index (Phi) is 6.19. The third-order valence-electron chi connectivity index (χ3n) is 4.36. The first-order valence-corrected chi connectivity index (χ1v) is 10.6. The van der Waals surface area contributed by atoms with E-state index in [9.17, 15) is 13.2 Å². The Morgan fingerprint density at radius 2 is 1.52 bits per heavy atom. The van der Waals surface area contributed by atoms with E-state index in [1.54, 1.807) is 30.3 Å². The van der Waals surface area contributed by atoms with Crippen molar-refractivity contribution in [1.82, 2.24) is 0 Å². The van der Waals surface area contributed by atoms with Crippen LogP contribution in [0.1, 0.15) is 17.5 Å². The fourth-order valence-electron chi connectivity index (χ4n) is 2.76. The normalized spacial score (nSPS) is 11.1. The van der Waals surface area contributed by atoms with Crippen molar-refractivity contribution in [2.45, 2.75) is 24.7 Å². The van der Waals surface area contributed by atoms with Gasteiger partial charge < -0.3 is 10.4 Å². The SMILES string of the molecule is Cc1ccc(Nc2ccccc2NS(=O)(=O)c2ccc(CCC(=O)O)cc2)cc1. The summed E-state index contributed by atoms with van der Waals surface area (Å²) in [7, 11) is -3.79. The van der Waals surface area contributed by atoms with Gasteiger partial charge in [-0.2, -0.15) is 0 Å². The first-order chi connectivity index (χ1) is 13.8. The number of benzene rings is 3. The first kappa shape index (κ1) is 20.4. The molecule has 3 aromatic rings. The molecule has 7 heteroatoms. The number of hydrogen-bond donors (Lipinski definition) is 3. The Morgan fingerprint density at radius 3 is 2.14 bits per heavy atom. The van der Waals surface area contributed by atoms with E-state index in [0.717, 1.165) is 16.8 Å². The Hall–Kier alpha value is -3.32. The zero-order valence-corrected chi connectivity index (χ0v) is 16.7. The minimum atomic E-state index is -3.79. The van der Waals surface area contributed by atoms with Gasteiger partial charge in [0.2, 0.25) is 0 Å². The highest BCUT2D eigenvalue weighted by Crippen LogP contribution is 2.27. The van der Waals surface area contributed by atoms with Crippen molar-refractivity contribution in [3.05, 3.63) is 83.9 Å². The summed E-state index contributed by atoms with van der Waals surface area (Å²) in [5, 5.41) is 12.0. The van der Waals surface area contributed by atoms with Crippen LogP contribution in [0.4, 0.5) is 17.1 Å². The monoisotopic (exact) mass is 410 g/mol. The summed E-state index contributed by atoms with van der Waals surface area (Å²) in [4.78, 5) is 10.8. The molecule has 0 aliphatic rings. The third kappa shape index (κ3) is 5.58. The fourth-order valence-corrected chi connectivity index (χ4v) is 3.84. The van der Waals surface area contributed by atoms with Crippen molar-refractivity contribution in [3.8, 4) is 0 Å². The average molecular weight is 410 g/mol. The molecule has 0 spiro atoms. The quantitative estimate of drug-likeness (QED) is 0.506. The molecule has 0 saturated carbocycles. The number of hydrogen-bond acceptors (Lipinski definition) is 4. The lowest BCUT2D eigenvalue weighted by Crippen LogP contribution is -2.14. The number of sulfonamides is 1. The van der Waals surface area contributed by atoms with Gasteiger partial charge in [-0.15, -0.1) is 0 Å². The van der Waals surface area contributed by atoms with Crippen LogP contribution in [0.2, 0.25) is 0 Å². The number of nitrogens with one attached hydrogen (secondary N) is 2. The maximum Gasteiger partial charge on any atom is 0.303 e. The van der Waals surface area contributed by atoms with Gasteiger partial charge in [0, 0.05) is 12.1 Å². The molecular formula is C22H22N2O4S. The summed E-state index contributed by atoms with van der Waals surface area (Å²) in [6.45, 7) is 2.00. The topological polar surface area (TPSA) is 95.5 Å². The zero-order chi connectivity index (χ0) is 20.9. The lowest BCUT2D eigenvalue weighted by molar-refractivity contribution is -0.136. The molecule has 0 amide bonds. The molecule has 150 valence electrons. The predicted molar refractivity (Wildman–Crippen MR) is 114 cm³/mol. The molecule has 0 saturated heterocycles. The van der Waals surface area contributed by atoms with E-state index < -0.39 is 16.0 Å². The Bertz CT molecular complexity index is 1090. The van der Waals surface area contributed by atoms with Gasteiger partial charge >= 0.3 is 5.97 Å². The van der Waals surface area contributed by atoms with Crippen LogP contribution in [0.5, 0.6) is 0 Å². The minimum Gasteiger partial charge on any atom is -0.481 e. The van der Waals surface area contributed by atoms with Crippen LogP contribution in [0.25, 0.3) is 0 Å². The Balaban J connectivity index is 1.78. The predicted octanol–water partition coefficient (Wildman–Crippen LogP) is 4.56. The molecule has 3 N–H and O–H groups in total. The lowest BCUT2D eigenvalue weighted by atomic mass is 10.1. The summed E-state index contributed by atoms with van der Waals surface area (Å²) in [5.41, 5.74) is 3.83. The molecule has 0 heterocycles. The van der Waals surface area contributed by atoms with E-state index in [2.05, 4.69) is 10.0 Å². The molecule has 0 fully saturated rings. The maximum atomic E-state index is 12.8. The summed E-state index contributed by atoms with van der Waals surface area (Å²) in [6, 6.07) is 21.1. The molecule has 0 unspecified atom stereocenters. The van der Waals surface area contributed by atoms with Crippen LogP contribution in [-0.2, 0) is 21.2 Å². The summed E-state index contributed by atoms with van der Waals surface area (Å²) in [6.07, 6.45) is 0.356. The van der Waals surface area contributed by atoms with E-state index >= 15 is 0 Å². The first-order valence-electron chi connectivity index (χ1n) is 9.10. The third-order valence-corrected chi connectivity index (χ3v) is 5.74. The van der Waals surface area contributed by atoms with Crippen molar-refractivity contribution in [1.29, 1.82) is 0 Å². The van der Waals surface area contributed by atoms with Crippen LogP contribution in [0.3, 0.4) is 0 Å². The smallest absolute Gasteiger partial charge is 0.303 e. The summed E-state index contributed by atoms with van der Waals surface area (Å²) < 4.78 is 28.2. The Morgan fingerprint density at radius 1 is 0.897 bits per heavy atom. The number of carbonyl (C=O) groups is 1. The highest BCUT2D eigenvalue weighted by atomic mass is 32.2. The number of anilines is 3. The minimum absolute atomic E-state index is 0.00238. The molecule has 0 radical (unpaired) electrons. The zero-order valence-electron chi connectivity index (χ0n) is 15.9. The molecule has 0 aromatic heterocycles. The lowest BCUT2D eigenvalue weighted by Gasteiger charge is -2.14. The summed E-state index contributed by atoms with van der Waals surface area (Å²) >= 11 is 0. The van der Waals surface area contributed by atoms with Gasteiger partial charge in [-0.05, 0) is 55.3 Å². The molecule has 3 aromatic carbocycles. The van der Waals surface area contributed by atoms with Crippen LogP contribution in [0.15, 0.2) is 77.7 Å².